The molecule has 106 valence electrons. The molecule has 3 nitrogen and oxygen atoms in total. The summed E-state index contributed by atoms with van der Waals surface area (Å²) in [6.07, 6.45) is 2.04. The first-order valence-corrected chi connectivity index (χ1v) is 6.84. The topological polar surface area (TPSA) is 57.5 Å². The van der Waals surface area contributed by atoms with Crippen LogP contribution in [0.5, 0.6) is 0 Å². The van der Waals surface area contributed by atoms with Crippen LogP contribution in [0.25, 0.3) is 11.1 Å². The van der Waals surface area contributed by atoms with Crippen LogP contribution in [-0.2, 0) is 16.8 Å². The Morgan fingerprint density at radius 3 is 2.57 bits per heavy atom. The molecule has 3 heteroatoms. The van der Waals surface area contributed by atoms with Gasteiger partial charge in [-0.25, -0.2) is 0 Å². The van der Waals surface area contributed by atoms with Crippen molar-refractivity contribution in [1.29, 1.82) is 0 Å². The Hall–Kier alpha value is -2.39. The standard InChI is InChI=1S/C18H16O3/c1-2-9-18(21)15-6-4-3-5-13(15)14-8-7-12(10-16(14)18)11-17(19)20/h2-8,10,21H,1,9,11H2,(H,19,20). The number of aliphatic carboxylic acids is 1. The number of carboxylic acid groups (broad SMARTS) is 1. The van der Waals surface area contributed by atoms with Gasteiger partial charge in [0, 0.05) is 6.42 Å². The van der Waals surface area contributed by atoms with Gasteiger partial charge in [0.05, 0.1) is 6.42 Å². The van der Waals surface area contributed by atoms with E-state index in [1.807, 2.05) is 36.4 Å². The van der Waals surface area contributed by atoms with Crippen molar-refractivity contribution in [2.24, 2.45) is 0 Å². The van der Waals surface area contributed by atoms with Gasteiger partial charge in [0.2, 0.25) is 0 Å². The van der Waals surface area contributed by atoms with E-state index >= 15 is 0 Å². The zero-order valence-corrected chi connectivity index (χ0v) is 11.5. The van der Waals surface area contributed by atoms with Gasteiger partial charge in [0.1, 0.15) is 5.60 Å². The Labute approximate surface area is 123 Å². The zero-order chi connectivity index (χ0) is 15.0. The second-order valence-corrected chi connectivity index (χ2v) is 5.35. The normalized spacial score (nSPS) is 18.9. The number of hydrogen-bond donors (Lipinski definition) is 2. The van der Waals surface area contributed by atoms with E-state index in [0.29, 0.717) is 12.0 Å². The summed E-state index contributed by atoms with van der Waals surface area (Å²) in [5.74, 6) is -0.877. The highest BCUT2D eigenvalue weighted by molar-refractivity contribution is 5.81. The van der Waals surface area contributed by atoms with Gasteiger partial charge in [0.15, 0.2) is 0 Å². The molecule has 0 aromatic heterocycles. The fraction of sp³-hybridized carbons (Fsp3) is 0.167. The Morgan fingerprint density at radius 2 is 1.86 bits per heavy atom. The highest BCUT2D eigenvalue weighted by Crippen LogP contribution is 2.49. The molecular weight excluding hydrogens is 264 g/mol. The van der Waals surface area contributed by atoms with Gasteiger partial charge in [-0.2, -0.15) is 0 Å². The number of carbonyl (C=O) groups is 1. The van der Waals surface area contributed by atoms with Crippen LogP contribution in [0.1, 0.15) is 23.1 Å². The maximum absolute atomic E-state index is 11.1. The maximum atomic E-state index is 11.1. The Balaban J connectivity index is 2.20. The molecule has 0 radical (unpaired) electrons. The lowest BCUT2D eigenvalue weighted by Gasteiger charge is -2.24. The molecule has 0 heterocycles. The van der Waals surface area contributed by atoms with Gasteiger partial charge < -0.3 is 10.2 Å². The molecule has 2 N–H and O–H groups in total. The number of carboxylic acids is 1. The van der Waals surface area contributed by atoms with Crippen molar-refractivity contribution in [2.45, 2.75) is 18.4 Å². The van der Waals surface area contributed by atoms with Crippen LogP contribution in [0, 0.1) is 0 Å². The van der Waals surface area contributed by atoms with Crippen molar-refractivity contribution < 1.29 is 15.0 Å². The second-order valence-electron chi connectivity index (χ2n) is 5.35. The van der Waals surface area contributed by atoms with Gasteiger partial charge in [-0.15, -0.1) is 6.58 Å². The molecule has 0 aliphatic heterocycles. The van der Waals surface area contributed by atoms with Crippen LogP contribution in [0.15, 0.2) is 55.1 Å². The molecule has 1 atom stereocenters. The van der Waals surface area contributed by atoms with Gasteiger partial charge in [-0.1, -0.05) is 48.5 Å². The third kappa shape index (κ3) is 2.06. The summed E-state index contributed by atoms with van der Waals surface area (Å²) in [5.41, 5.74) is 3.15. The maximum Gasteiger partial charge on any atom is 0.307 e. The van der Waals surface area contributed by atoms with E-state index in [9.17, 15) is 9.90 Å². The van der Waals surface area contributed by atoms with E-state index in [1.165, 1.54) is 0 Å². The van der Waals surface area contributed by atoms with E-state index in [1.54, 1.807) is 12.1 Å². The van der Waals surface area contributed by atoms with Crippen molar-refractivity contribution >= 4 is 5.97 Å². The SMILES string of the molecule is C=CCC1(O)c2ccccc2-c2ccc(CC(=O)O)cc21. The van der Waals surface area contributed by atoms with Gasteiger partial charge in [-0.05, 0) is 27.8 Å². The summed E-state index contributed by atoms with van der Waals surface area (Å²) in [7, 11) is 0. The molecule has 1 unspecified atom stereocenters. The largest absolute Gasteiger partial charge is 0.481 e. The average Bonchev–Trinajstić information content (AvgIpc) is 2.69. The summed E-state index contributed by atoms with van der Waals surface area (Å²) in [5, 5.41) is 20.1. The summed E-state index contributed by atoms with van der Waals surface area (Å²) in [6.45, 7) is 3.73. The van der Waals surface area contributed by atoms with Crippen molar-refractivity contribution in [3.05, 3.63) is 71.8 Å². The number of benzene rings is 2. The number of fused-ring (bicyclic) bond motifs is 3. The first-order valence-electron chi connectivity index (χ1n) is 6.84. The highest BCUT2D eigenvalue weighted by atomic mass is 16.4. The number of rotatable bonds is 4. The lowest BCUT2D eigenvalue weighted by atomic mass is 9.87. The molecule has 21 heavy (non-hydrogen) atoms. The highest BCUT2D eigenvalue weighted by Gasteiger charge is 2.40. The van der Waals surface area contributed by atoms with E-state index in [-0.39, 0.29) is 6.42 Å². The lowest BCUT2D eigenvalue weighted by molar-refractivity contribution is -0.136. The zero-order valence-electron chi connectivity index (χ0n) is 11.5. The molecule has 1 aliphatic rings. The van der Waals surface area contributed by atoms with E-state index in [0.717, 1.165) is 22.3 Å². The van der Waals surface area contributed by atoms with Crippen LogP contribution in [0.3, 0.4) is 0 Å². The molecule has 0 amide bonds. The number of hydrogen-bond acceptors (Lipinski definition) is 2. The molecule has 3 rings (SSSR count). The molecule has 0 bridgehead atoms. The minimum Gasteiger partial charge on any atom is -0.481 e. The van der Waals surface area contributed by atoms with Crippen LogP contribution in [0.4, 0.5) is 0 Å². The van der Waals surface area contributed by atoms with Crippen LogP contribution in [-0.4, -0.2) is 16.2 Å². The first kappa shape index (κ1) is 13.6. The van der Waals surface area contributed by atoms with Gasteiger partial charge in [0.25, 0.3) is 0 Å². The third-order valence-electron chi connectivity index (χ3n) is 3.99. The summed E-state index contributed by atoms with van der Waals surface area (Å²) in [6, 6.07) is 13.2. The lowest BCUT2D eigenvalue weighted by Crippen LogP contribution is -2.23. The molecule has 0 saturated heterocycles. The Kier molecular flexibility index (Phi) is 3.15. The van der Waals surface area contributed by atoms with Crippen LogP contribution in [0.2, 0.25) is 0 Å². The van der Waals surface area contributed by atoms with Crippen LogP contribution < -0.4 is 0 Å². The fourth-order valence-electron chi connectivity index (χ4n) is 3.11. The number of aliphatic hydroxyl groups is 1. The fourth-order valence-corrected chi connectivity index (χ4v) is 3.11. The summed E-state index contributed by atoms with van der Waals surface area (Å²) < 4.78 is 0. The minimum absolute atomic E-state index is 0.0478. The molecule has 0 fully saturated rings. The average molecular weight is 280 g/mol. The smallest absolute Gasteiger partial charge is 0.307 e. The van der Waals surface area contributed by atoms with E-state index in [4.69, 9.17) is 5.11 Å². The van der Waals surface area contributed by atoms with Crippen molar-refractivity contribution in [3.63, 3.8) is 0 Å². The van der Waals surface area contributed by atoms with E-state index in [2.05, 4.69) is 6.58 Å². The molecule has 2 aromatic carbocycles. The monoisotopic (exact) mass is 280 g/mol. The molecule has 0 spiro atoms. The Bertz CT molecular complexity index is 733. The van der Waals surface area contributed by atoms with Gasteiger partial charge in [-0.3, -0.25) is 4.79 Å². The predicted molar refractivity (Wildman–Crippen MR) is 81.0 cm³/mol. The Morgan fingerprint density at radius 1 is 1.14 bits per heavy atom. The second kappa shape index (κ2) is 4.86. The third-order valence-corrected chi connectivity index (χ3v) is 3.99. The molecule has 1 aliphatic carbocycles. The first-order chi connectivity index (χ1) is 10.1. The summed E-state index contributed by atoms with van der Waals surface area (Å²) >= 11 is 0. The van der Waals surface area contributed by atoms with Gasteiger partial charge >= 0.3 is 5.97 Å². The molecular formula is C18H16O3. The van der Waals surface area contributed by atoms with Crippen molar-refractivity contribution in [1.82, 2.24) is 0 Å². The molecule has 0 saturated carbocycles. The minimum atomic E-state index is -1.12. The van der Waals surface area contributed by atoms with Crippen molar-refractivity contribution in [3.8, 4) is 11.1 Å². The van der Waals surface area contributed by atoms with Crippen molar-refractivity contribution in [2.75, 3.05) is 0 Å². The van der Waals surface area contributed by atoms with E-state index < -0.39 is 11.6 Å². The molecule has 2 aromatic rings. The van der Waals surface area contributed by atoms with Crippen LogP contribution >= 0.6 is 0 Å². The quantitative estimate of drug-likeness (QED) is 0.846. The predicted octanol–water partition coefficient (Wildman–Crippen LogP) is 3.11. The summed E-state index contributed by atoms with van der Waals surface area (Å²) in [4.78, 5) is 10.9.